The van der Waals surface area contributed by atoms with Crippen LogP contribution in [0.15, 0.2) is 83.7 Å². The van der Waals surface area contributed by atoms with E-state index in [1.165, 1.54) is 23.9 Å². The number of aromatic nitrogens is 3. The van der Waals surface area contributed by atoms with Crippen molar-refractivity contribution in [2.45, 2.75) is 62.5 Å². The molecule has 1 N–H and O–H groups in total. The summed E-state index contributed by atoms with van der Waals surface area (Å²) in [5.41, 5.74) is 2.14. The topological polar surface area (TPSA) is 83.4 Å². The predicted molar refractivity (Wildman–Crippen MR) is 166 cm³/mol. The Hall–Kier alpha value is -2.99. The van der Waals surface area contributed by atoms with E-state index in [1.807, 2.05) is 55.0 Å². The number of pyridine rings is 1. The number of hydrogen-bond acceptors (Lipinski definition) is 7. The number of allylic oxidation sites excluding steroid dienone is 1. The highest BCUT2D eigenvalue weighted by atomic mass is 32.3. The van der Waals surface area contributed by atoms with Crippen LogP contribution < -0.4 is 5.32 Å². The number of thioether (sulfide) groups is 1. The number of hydrogen-bond donors (Lipinski definition) is 1. The predicted octanol–water partition coefficient (Wildman–Crippen LogP) is 5.93. The van der Waals surface area contributed by atoms with Crippen molar-refractivity contribution in [3.63, 3.8) is 0 Å². The summed E-state index contributed by atoms with van der Waals surface area (Å²) in [4.78, 5) is 10.8. The summed E-state index contributed by atoms with van der Waals surface area (Å²) in [6.07, 6.45) is 15.0. The Morgan fingerprint density at radius 1 is 1.19 bits per heavy atom. The van der Waals surface area contributed by atoms with E-state index >= 15 is 0 Å². The summed E-state index contributed by atoms with van der Waals surface area (Å²) in [7, 11) is -3.67. The van der Waals surface area contributed by atoms with E-state index in [-0.39, 0.29) is 23.9 Å². The number of fused-ring (bicyclic) bond motifs is 1. The van der Waals surface area contributed by atoms with Crippen molar-refractivity contribution in [2.75, 3.05) is 25.0 Å². The number of anilines is 1. The van der Waals surface area contributed by atoms with Gasteiger partial charge in [0.25, 0.3) is 0 Å². The molecule has 2 saturated heterocycles. The Labute approximate surface area is 251 Å². The fourth-order valence-electron chi connectivity index (χ4n) is 6.30. The SMILES string of the molecule is C/C=C(\S[C@@]1(Nc2ccccn2)C=CC1)S(=O)(=O)N1CCN2C(CCCC2c2cncn2[C@H](C)c2ccc(F)cc2)C1. The van der Waals surface area contributed by atoms with Gasteiger partial charge in [0, 0.05) is 44.5 Å². The fourth-order valence-corrected chi connectivity index (χ4v) is 9.70. The Morgan fingerprint density at radius 3 is 2.69 bits per heavy atom. The van der Waals surface area contributed by atoms with Gasteiger partial charge in [0.15, 0.2) is 0 Å². The third kappa shape index (κ3) is 5.67. The standard InChI is InChI=1S/C31H37FN6O2S2/c1-3-30(41-31(15-7-16-31)35-29-10-4-5-17-34-29)42(39,40)36-18-19-37-26(21-36)8-6-9-27(37)28-20-33-22-38(28)23(2)24-11-13-25(32)14-12-24/h3-5,7,10-15,17,20,22-23,26-27H,6,8-9,16,18-19,21H2,1-2H3,(H,34,35)/b30-3+/t23-,26?,27?,31+/m1/s1. The van der Waals surface area contributed by atoms with Gasteiger partial charge in [-0.2, -0.15) is 4.31 Å². The quantitative estimate of drug-likeness (QED) is 0.238. The molecule has 3 aliphatic rings. The summed E-state index contributed by atoms with van der Waals surface area (Å²) in [6, 6.07) is 12.6. The van der Waals surface area contributed by atoms with Crippen LogP contribution in [0, 0.1) is 5.82 Å². The minimum absolute atomic E-state index is 0.00647. The van der Waals surface area contributed by atoms with E-state index in [9.17, 15) is 12.8 Å². The van der Waals surface area contributed by atoms with Gasteiger partial charge in [0.05, 0.1) is 24.1 Å². The average Bonchev–Trinajstić information content (AvgIpc) is 3.48. The van der Waals surface area contributed by atoms with E-state index < -0.39 is 14.9 Å². The summed E-state index contributed by atoms with van der Waals surface area (Å²) in [6.45, 7) is 5.46. The van der Waals surface area contributed by atoms with Crippen molar-refractivity contribution in [3.8, 4) is 0 Å². The van der Waals surface area contributed by atoms with E-state index in [0.717, 1.165) is 36.3 Å². The zero-order valence-electron chi connectivity index (χ0n) is 23.9. The van der Waals surface area contributed by atoms with Gasteiger partial charge in [0.2, 0.25) is 10.0 Å². The van der Waals surface area contributed by atoms with E-state index in [1.54, 1.807) is 23.5 Å². The molecule has 0 saturated carbocycles. The molecule has 6 rings (SSSR count). The van der Waals surface area contributed by atoms with Crippen molar-refractivity contribution >= 4 is 27.6 Å². The number of nitrogens with zero attached hydrogens (tertiary/aromatic N) is 5. The lowest BCUT2D eigenvalue weighted by atomic mass is 9.92. The smallest absolute Gasteiger partial charge is 0.248 e. The summed E-state index contributed by atoms with van der Waals surface area (Å²) >= 11 is 1.35. The second-order valence-electron chi connectivity index (χ2n) is 11.2. The molecular formula is C31H37FN6O2S2. The monoisotopic (exact) mass is 608 g/mol. The number of imidazole rings is 1. The molecule has 4 atom stereocenters. The minimum atomic E-state index is -3.67. The van der Waals surface area contributed by atoms with Crippen LogP contribution in [-0.4, -0.2) is 62.7 Å². The molecule has 3 aromatic rings. The van der Waals surface area contributed by atoms with E-state index in [2.05, 4.69) is 31.7 Å². The van der Waals surface area contributed by atoms with Crippen molar-refractivity contribution in [1.29, 1.82) is 0 Å². The van der Waals surface area contributed by atoms with Crippen LogP contribution in [0.2, 0.25) is 0 Å². The van der Waals surface area contributed by atoms with Gasteiger partial charge in [-0.25, -0.2) is 22.8 Å². The highest BCUT2D eigenvalue weighted by Crippen LogP contribution is 2.45. The first-order chi connectivity index (χ1) is 20.3. The van der Waals surface area contributed by atoms with Crippen LogP contribution in [0.5, 0.6) is 0 Å². The Balaban J connectivity index is 1.17. The van der Waals surface area contributed by atoms with Crippen molar-refractivity contribution in [2.24, 2.45) is 0 Å². The fraction of sp³-hybridized carbons (Fsp3) is 0.419. The first-order valence-electron chi connectivity index (χ1n) is 14.5. The Bertz CT molecular complexity index is 1560. The number of piperidine rings is 1. The van der Waals surface area contributed by atoms with Crippen LogP contribution in [0.4, 0.5) is 10.2 Å². The second-order valence-corrected chi connectivity index (χ2v) is 14.7. The normalized spacial score (nSPS) is 25.9. The molecule has 222 valence electrons. The Kier molecular flexibility index (Phi) is 8.28. The van der Waals surface area contributed by atoms with Crippen LogP contribution in [-0.2, 0) is 10.0 Å². The maximum atomic E-state index is 14.0. The van der Waals surface area contributed by atoms with Crippen molar-refractivity contribution in [1.82, 2.24) is 23.7 Å². The maximum Gasteiger partial charge on any atom is 0.248 e. The second kappa shape index (κ2) is 11.9. The van der Waals surface area contributed by atoms with Gasteiger partial charge < -0.3 is 9.88 Å². The zero-order valence-corrected chi connectivity index (χ0v) is 25.6. The first kappa shape index (κ1) is 29.1. The number of rotatable bonds is 9. The molecule has 4 heterocycles. The average molecular weight is 609 g/mol. The summed E-state index contributed by atoms with van der Waals surface area (Å²) in [5.74, 6) is 0.472. The highest BCUT2D eigenvalue weighted by molar-refractivity contribution is 8.18. The van der Waals surface area contributed by atoms with Crippen molar-refractivity contribution < 1.29 is 12.8 Å². The molecule has 0 spiro atoms. The largest absolute Gasteiger partial charge is 0.352 e. The number of nitrogens with one attached hydrogen (secondary N) is 1. The van der Waals surface area contributed by atoms with Gasteiger partial charge in [0.1, 0.15) is 20.7 Å². The van der Waals surface area contributed by atoms with Crippen molar-refractivity contribution in [3.05, 3.63) is 101 Å². The molecule has 11 heteroatoms. The van der Waals surface area contributed by atoms with Crippen LogP contribution >= 0.6 is 11.8 Å². The minimum Gasteiger partial charge on any atom is -0.352 e. The molecule has 1 aromatic carbocycles. The first-order valence-corrected chi connectivity index (χ1v) is 16.8. The third-order valence-corrected chi connectivity index (χ3v) is 12.5. The van der Waals surface area contributed by atoms with Crippen LogP contribution in [0.25, 0.3) is 0 Å². The van der Waals surface area contributed by atoms with Gasteiger partial charge in [-0.3, -0.25) is 4.90 Å². The molecule has 0 bridgehead atoms. The molecule has 2 aliphatic heterocycles. The van der Waals surface area contributed by atoms with E-state index in [0.29, 0.717) is 30.3 Å². The van der Waals surface area contributed by atoms with Crippen LogP contribution in [0.3, 0.4) is 0 Å². The number of halogens is 1. The zero-order chi connectivity index (χ0) is 29.3. The van der Waals surface area contributed by atoms with Gasteiger partial charge in [-0.1, -0.05) is 48.2 Å². The molecule has 2 fully saturated rings. The lowest BCUT2D eigenvalue weighted by Crippen LogP contribution is -2.57. The molecule has 8 nitrogen and oxygen atoms in total. The molecule has 0 amide bonds. The lowest BCUT2D eigenvalue weighted by Gasteiger charge is -2.48. The maximum absolute atomic E-state index is 14.0. The Morgan fingerprint density at radius 2 is 2.00 bits per heavy atom. The molecule has 2 aromatic heterocycles. The molecule has 1 aliphatic carbocycles. The summed E-state index contributed by atoms with van der Waals surface area (Å²) in [5, 5.41) is 3.43. The summed E-state index contributed by atoms with van der Waals surface area (Å²) < 4.78 is 45.8. The number of benzene rings is 1. The lowest BCUT2D eigenvalue weighted by molar-refractivity contribution is 0.0324. The van der Waals surface area contributed by atoms with Crippen LogP contribution in [0.1, 0.15) is 62.9 Å². The number of piperazine rings is 1. The van der Waals surface area contributed by atoms with Gasteiger partial charge >= 0.3 is 0 Å². The third-order valence-electron chi connectivity index (χ3n) is 8.64. The number of sulfonamides is 1. The molecule has 42 heavy (non-hydrogen) atoms. The molecule has 2 unspecified atom stereocenters. The highest BCUT2D eigenvalue weighted by Gasteiger charge is 2.43. The van der Waals surface area contributed by atoms with Gasteiger partial charge in [-0.05, 0) is 62.9 Å². The van der Waals surface area contributed by atoms with Gasteiger partial charge in [-0.15, -0.1) is 0 Å². The molecule has 0 radical (unpaired) electrons. The van der Waals surface area contributed by atoms with E-state index in [4.69, 9.17) is 0 Å². The molecular weight excluding hydrogens is 572 g/mol.